The predicted octanol–water partition coefficient (Wildman–Crippen LogP) is 1.89. The van der Waals surface area contributed by atoms with E-state index in [-0.39, 0.29) is 37.2 Å². The summed E-state index contributed by atoms with van der Waals surface area (Å²) in [6, 6.07) is 2.61. The van der Waals surface area contributed by atoms with Crippen molar-refractivity contribution in [2.45, 2.75) is 18.9 Å². The Balaban J connectivity index is 0.00000147. The molecule has 1 aromatic rings. The molecule has 0 aromatic carbocycles. The zero-order valence-electron chi connectivity index (χ0n) is 12.5. The number of piperazine rings is 1. The van der Waals surface area contributed by atoms with E-state index < -0.39 is 0 Å². The first kappa shape index (κ1) is 21.5. The minimum atomic E-state index is 0. The second kappa shape index (κ2) is 11.1. The summed E-state index contributed by atoms with van der Waals surface area (Å²) < 4.78 is 5.85. The molecule has 2 aliphatic heterocycles. The first-order valence-electron chi connectivity index (χ1n) is 7.19. The lowest BCUT2D eigenvalue weighted by Gasteiger charge is -2.29. The van der Waals surface area contributed by atoms with Crippen LogP contribution in [0, 0.1) is 0 Å². The zero-order chi connectivity index (χ0) is 12.9. The molecule has 3 rings (SSSR count). The Morgan fingerprint density at radius 1 is 1.14 bits per heavy atom. The van der Waals surface area contributed by atoms with Gasteiger partial charge >= 0.3 is 0 Å². The van der Waals surface area contributed by atoms with E-state index in [9.17, 15) is 0 Å². The number of hydrogen-bond acceptors (Lipinski definition) is 5. The summed E-state index contributed by atoms with van der Waals surface area (Å²) in [5.41, 5.74) is 1.17. The van der Waals surface area contributed by atoms with E-state index in [2.05, 4.69) is 26.6 Å². The molecule has 0 unspecified atom stereocenters. The van der Waals surface area contributed by atoms with Crippen LogP contribution in [0.4, 0.5) is 5.69 Å². The zero-order valence-corrected chi connectivity index (χ0v) is 14.9. The number of rotatable bonds is 4. The molecule has 8 heteroatoms. The smallest absolute Gasteiger partial charge is 0.139 e. The van der Waals surface area contributed by atoms with E-state index in [1.54, 1.807) is 6.20 Å². The van der Waals surface area contributed by atoms with Gasteiger partial charge in [0.05, 0.1) is 18.1 Å². The molecule has 1 aromatic heterocycles. The van der Waals surface area contributed by atoms with E-state index in [0.717, 1.165) is 45.1 Å². The molecule has 2 fully saturated rings. The summed E-state index contributed by atoms with van der Waals surface area (Å²) in [6.07, 6.45) is 6.20. The Bertz CT molecular complexity index is 413. The van der Waals surface area contributed by atoms with Gasteiger partial charge in [0.1, 0.15) is 12.4 Å². The van der Waals surface area contributed by atoms with Gasteiger partial charge in [-0.2, -0.15) is 0 Å². The van der Waals surface area contributed by atoms with Gasteiger partial charge in [-0.15, -0.1) is 37.2 Å². The van der Waals surface area contributed by atoms with Crippen molar-refractivity contribution in [2.24, 2.45) is 0 Å². The van der Waals surface area contributed by atoms with Gasteiger partial charge in [-0.3, -0.25) is 4.98 Å². The quantitative estimate of drug-likeness (QED) is 0.846. The summed E-state index contributed by atoms with van der Waals surface area (Å²) in [4.78, 5) is 6.65. The number of anilines is 1. The van der Waals surface area contributed by atoms with E-state index in [1.807, 2.05) is 6.20 Å². The Kier molecular flexibility index (Phi) is 10.9. The number of nitrogens with zero attached hydrogens (tertiary/aromatic N) is 2. The Morgan fingerprint density at radius 2 is 1.91 bits per heavy atom. The molecule has 2 N–H and O–H groups in total. The van der Waals surface area contributed by atoms with E-state index in [4.69, 9.17) is 4.74 Å². The third kappa shape index (κ3) is 5.97. The molecule has 5 nitrogen and oxygen atoms in total. The van der Waals surface area contributed by atoms with Gasteiger partial charge in [0.25, 0.3) is 0 Å². The van der Waals surface area contributed by atoms with Crippen molar-refractivity contribution in [1.29, 1.82) is 0 Å². The van der Waals surface area contributed by atoms with Crippen molar-refractivity contribution in [3.63, 3.8) is 0 Å². The molecule has 128 valence electrons. The fourth-order valence-electron chi connectivity index (χ4n) is 2.68. The highest BCUT2D eigenvalue weighted by Crippen LogP contribution is 2.20. The summed E-state index contributed by atoms with van der Waals surface area (Å²) in [5.74, 6) is 0.879. The van der Waals surface area contributed by atoms with Crippen LogP contribution in [0.15, 0.2) is 18.5 Å². The van der Waals surface area contributed by atoms with Crippen molar-refractivity contribution < 1.29 is 4.74 Å². The Labute approximate surface area is 150 Å². The van der Waals surface area contributed by atoms with Gasteiger partial charge in [0.15, 0.2) is 0 Å². The first-order valence-corrected chi connectivity index (χ1v) is 7.19. The number of nitrogens with one attached hydrogen (secondary N) is 2. The molecule has 2 saturated heterocycles. The van der Waals surface area contributed by atoms with Crippen LogP contribution in [0.2, 0.25) is 0 Å². The third-order valence-corrected chi connectivity index (χ3v) is 3.79. The molecular formula is C14H25Cl3N4O. The van der Waals surface area contributed by atoms with Gasteiger partial charge in [-0.1, -0.05) is 0 Å². The maximum atomic E-state index is 5.85. The average Bonchev–Trinajstić information content (AvgIpc) is 3.00. The molecule has 0 amide bonds. The molecule has 2 aliphatic rings. The minimum Gasteiger partial charge on any atom is -0.490 e. The fourth-order valence-corrected chi connectivity index (χ4v) is 2.68. The summed E-state index contributed by atoms with van der Waals surface area (Å²) in [7, 11) is 0. The highest BCUT2D eigenvalue weighted by Gasteiger charge is 2.15. The standard InChI is InChI=1S/C14H22N4O.3ClH/c1-2-12(17-3-1)11-19-14-8-13(9-16-10-14)18-6-4-15-5-7-18;;;/h8-10,12,15,17H,1-7,11H2;3*1H/t12-;;;/m0.../s1. The van der Waals surface area contributed by atoms with E-state index in [1.165, 1.54) is 18.5 Å². The van der Waals surface area contributed by atoms with Crippen molar-refractivity contribution in [3.05, 3.63) is 18.5 Å². The van der Waals surface area contributed by atoms with Crippen molar-refractivity contribution in [3.8, 4) is 5.75 Å². The second-order valence-electron chi connectivity index (χ2n) is 5.22. The van der Waals surface area contributed by atoms with Crippen LogP contribution in [0.3, 0.4) is 0 Å². The lowest BCUT2D eigenvalue weighted by molar-refractivity contribution is 0.276. The van der Waals surface area contributed by atoms with Crippen LogP contribution in [0.1, 0.15) is 12.8 Å². The number of hydrogen-bond donors (Lipinski definition) is 2. The molecule has 22 heavy (non-hydrogen) atoms. The van der Waals surface area contributed by atoms with Crippen LogP contribution >= 0.6 is 37.2 Å². The maximum absolute atomic E-state index is 5.85. The van der Waals surface area contributed by atoms with Crippen LogP contribution in [-0.4, -0.2) is 50.4 Å². The topological polar surface area (TPSA) is 49.4 Å². The molecule has 0 saturated carbocycles. The van der Waals surface area contributed by atoms with Crippen molar-refractivity contribution in [1.82, 2.24) is 15.6 Å². The van der Waals surface area contributed by atoms with Crippen LogP contribution in [0.5, 0.6) is 5.75 Å². The van der Waals surface area contributed by atoms with Gasteiger partial charge < -0.3 is 20.3 Å². The predicted molar refractivity (Wildman–Crippen MR) is 97.6 cm³/mol. The summed E-state index contributed by atoms with van der Waals surface area (Å²) in [6.45, 7) is 6.01. The van der Waals surface area contributed by atoms with Crippen LogP contribution in [-0.2, 0) is 0 Å². The average molecular weight is 372 g/mol. The van der Waals surface area contributed by atoms with Gasteiger partial charge in [-0.25, -0.2) is 0 Å². The first-order chi connectivity index (χ1) is 9.42. The highest BCUT2D eigenvalue weighted by molar-refractivity contribution is 5.86. The number of ether oxygens (including phenoxy) is 1. The lowest BCUT2D eigenvalue weighted by atomic mass is 10.2. The monoisotopic (exact) mass is 370 g/mol. The maximum Gasteiger partial charge on any atom is 0.139 e. The van der Waals surface area contributed by atoms with Gasteiger partial charge in [0.2, 0.25) is 0 Å². The highest BCUT2D eigenvalue weighted by atomic mass is 35.5. The Hall–Kier alpha value is -0.460. The molecular weight excluding hydrogens is 347 g/mol. The third-order valence-electron chi connectivity index (χ3n) is 3.79. The molecule has 0 aliphatic carbocycles. The van der Waals surface area contributed by atoms with Crippen LogP contribution in [0.25, 0.3) is 0 Å². The lowest BCUT2D eigenvalue weighted by Crippen LogP contribution is -2.43. The minimum absolute atomic E-state index is 0. The van der Waals surface area contributed by atoms with Gasteiger partial charge in [-0.05, 0) is 19.4 Å². The van der Waals surface area contributed by atoms with E-state index in [0.29, 0.717) is 6.04 Å². The fraction of sp³-hybridized carbons (Fsp3) is 0.643. The molecule has 0 radical (unpaired) electrons. The number of pyridine rings is 1. The largest absolute Gasteiger partial charge is 0.490 e. The molecule has 3 heterocycles. The SMILES string of the molecule is Cl.Cl.Cl.c1ncc(N2CCNCC2)cc1OC[C@@H]1CCCN1. The normalized spacial score (nSPS) is 20.4. The number of halogens is 3. The summed E-state index contributed by atoms with van der Waals surface area (Å²) >= 11 is 0. The van der Waals surface area contributed by atoms with E-state index >= 15 is 0 Å². The van der Waals surface area contributed by atoms with Crippen molar-refractivity contribution in [2.75, 3.05) is 44.2 Å². The Morgan fingerprint density at radius 3 is 2.59 bits per heavy atom. The molecule has 0 bridgehead atoms. The number of aromatic nitrogens is 1. The molecule has 1 atom stereocenters. The van der Waals surface area contributed by atoms with Crippen LogP contribution < -0.4 is 20.3 Å². The second-order valence-corrected chi connectivity index (χ2v) is 5.22. The molecule has 0 spiro atoms. The van der Waals surface area contributed by atoms with Crippen molar-refractivity contribution >= 4 is 42.9 Å². The summed E-state index contributed by atoms with van der Waals surface area (Å²) in [5, 5.41) is 6.80. The van der Waals surface area contributed by atoms with Gasteiger partial charge in [0, 0.05) is 38.3 Å².